The highest BCUT2D eigenvalue weighted by molar-refractivity contribution is 6.19. The van der Waals surface area contributed by atoms with E-state index >= 15 is 0 Å². The Kier molecular flexibility index (Phi) is 7.41. The van der Waals surface area contributed by atoms with Gasteiger partial charge in [-0.05, 0) is 24.6 Å². The highest BCUT2D eigenvalue weighted by Gasteiger charge is 2.27. The highest BCUT2D eigenvalue weighted by atomic mass is 35.5. The second-order valence-electron chi connectivity index (χ2n) is 4.30. The Morgan fingerprint density at radius 1 is 1.24 bits per heavy atom. The predicted molar refractivity (Wildman–Crippen MR) is 75.8 cm³/mol. The van der Waals surface area contributed by atoms with Gasteiger partial charge in [0.2, 0.25) is 0 Å². The van der Waals surface area contributed by atoms with E-state index in [2.05, 4.69) is 16.6 Å². The average molecular weight is 321 g/mol. The summed E-state index contributed by atoms with van der Waals surface area (Å²) in [5, 5.41) is 0. The zero-order valence-electron chi connectivity index (χ0n) is 11.6. The lowest BCUT2D eigenvalue weighted by atomic mass is 10.1. The molecule has 0 amide bonds. The molecule has 0 fully saturated rings. The lowest BCUT2D eigenvalue weighted by Gasteiger charge is -2.10. The van der Waals surface area contributed by atoms with E-state index in [9.17, 15) is 13.2 Å². The molecule has 6 heteroatoms. The monoisotopic (exact) mass is 320 g/mol. The van der Waals surface area contributed by atoms with Gasteiger partial charge in [-0.1, -0.05) is 17.9 Å². The summed E-state index contributed by atoms with van der Waals surface area (Å²) >= 11 is 5.52. The molecule has 116 valence electrons. The number of alkyl halides is 4. The van der Waals surface area contributed by atoms with Crippen LogP contribution in [0, 0.1) is 18.8 Å². The fourth-order valence-electron chi connectivity index (χ4n) is 1.53. The SMILES string of the molecule is Cc1ccc(OCCCOCC(F)(F)F)c(C#CCCl)c1. The maximum atomic E-state index is 11.9. The lowest BCUT2D eigenvalue weighted by molar-refractivity contribution is -0.174. The number of ether oxygens (including phenoxy) is 2. The van der Waals surface area contributed by atoms with Crippen LogP contribution in [0.5, 0.6) is 5.75 Å². The van der Waals surface area contributed by atoms with Crippen molar-refractivity contribution in [2.24, 2.45) is 0 Å². The van der Waals surface area contributed by atoms with Crippen molar-refractivity contribution < 1.29 is 22.6 Å². The minimum absolute atomic E-state index is 0.00589. The zero-order valence-corrected chi connectivity index (χ0v) is 12.4. The van der Waals surface area contributed by atoms with Gasteiger partial charge in [-0.2, -0.15) is 13.2 Å². The van der Waals surface area contributed by atoms with Crippen molar-refractivity contribution in [2.75, 3.05) is 25.7 Å². The van der Waals surface area contributed by atoms with Crippen molar-refractivity contribution >= 4 is 11.6 Å². The zero-order chi connectivity index (χ0) is 15.7. The normalized spacial score (nSPS) is 10.9. The molecule has 0 atom stereocenters. The summed E-state index contributed by atoms with van der Waals surface area (Å²) in [6.07, 6.45) is -3.92. The van der Waals surface area contributed by atoms with Gasteiger partial charge in [-0.15, -0.1) is 11.6 Å². The van der Waals surface area contributed by atoms with Crippen molar-refractivity contribution in [3.8, 4) is 17.6 Å². The molecule has 0 aromatic heterocycles. The van der Waals surface area contributed by atoms with E-state index in [0.29, 0.717) is 17.7 Å². The third kappa shape index (κ3) is 7.84. The summed E-state index contributed by atoms with van der Waals surface area (Å²) in [5.74, 6) is 6.45. The lowest BCUT2D eigenvalue weighted by Crippen LogP contribution is -2.18. The van der Waals surface area contributed by atoms with Gasteiger partial charge >= 0.3 is 6.18 Å². The molecule has 0 spiro atoms. The molecule has 0 saturated heterocycles. The van der Waals surface area contributed by atoms with Gasteiger partial charge in [0, 0.05) is 6.42 Å². The standard InChI is InChI=1S/C15H16ClF3O2/c1-12-5-6-14(13(10-12)4-2-7-16)21-9-3-8-20-11-15(17,18)19/h5-6,10H,3,7-9,11H2,1H3. The molecule has 2 nitrogen and oxygen atoms in total. The van der Waals surface area contributed by atoms with E-state index in [1.807, 2.05) is 19.1 Å². The molecule has 21 heavy (non-hydrogen) atoms. The first-order chi connectivity index (χ1) is 9.92. The summed E-state index contributed by atoms with van der Waals surface area (Å²) in [5.41, 5.74) is 1.75. The largest absolute Gasteiger partial charge is 0.492 e. The second kappa shape index (κ2) is 8.81. The molecule has 1 aromatic carbocycles. The van der Waals surface area contributed by atoms with Crippen molar-refractivity contribution in [3.05, 3.63) is 29.3 Å². The van der Waals surface area contributed by atoms with Crippen LogP contribution >= 0.6 is 11.6 Å². The molecule has 0 N–H and O–H groups in total. The number of halogens is 4. The molecule has 1 aromatic rings. The molecule has 0 saturated carbocycles. The minimum Gasteiger partial charge on any atom is -0.492 e. The second-order valence-corrected chi connectivity index (χ2v) is 4.57. The number of hydrogen-bond donors (Lipinski definition) is 0. The Morgan fingerprint density at radius 3 is 2.67 bits per heavy atom. The van der Waals surface area contributed by atoms with Gasteiger partial charge in [-0.3, -0.25) is 0 Å². The van der Waals surface area contributed by atoms with Crippen LogP contribution in [0.25, 0.3) is 0 Å². The van der Waals surface area contributed by atoms with Crippen LogP contribution in [0.15, 0.2) is 18.2 Å². The maximum absolute atomic E-state index is 11.9. The summed E-state index contributed by atoms with van der Waals surface area (Å²) in [6.45, 7) is 0.954. The Labute approximate surface area is 127 Å². The van der Waals surface area contributed by atoms with Crippen LogP contribution in [0.3, 0.4) is 0 Å². The van der Waals surface area contributed by atoms with Crippen LogP contribution in [0.2, 0.25) is 0 Å². The minimum atomic E-state index is -4.29. The first-order valence-corrected chi connectivity index (χ1v) is 6.88. The number of benzene rings is 1. The maximum Gasteiger partial charge on any atom is 0.411 e. The van der Waals surface area contributed by atoms with Gasteiger partial charge in [0.1, 0.15) is 12.4 Å². The summed E-state index contributed by atoms with van der Waals surface area (Å²) in [4.78, 5) is 0. The number of rotatable bonds is 6. The van der Waals surface area contributed by atoms with E-state index in [1.54, 1.807) is 6.07 Å². The molecular weight excluding hydrogens is 305 g/mol. The van der Waals surface area contributed by atoms with Gasteiger partial charge in [0.25, 0.3) is 0 Å². The Morgan fingerprint density at radius 2 is 2.00 bits per heavy atom. The van der Waals surface area contributed by atoms with Crippen molar-refractivity contribution in [3.63, 3.8) is 0 Å². The average Bonchev–Trinajstić information content (AvgIpc) is 2.40. The topological polar surface area (TPSA) is 18.5 Å². The van der Waals surface area contributed by atoms with Crippen molar-refractivity contribution in [1.29, 1.82) is 0 Å². The van der Waals surface area contributed by atoms with Crippen LogP contribution in [0.1, 0.15) is 17.5 Å². The molecule has 0 bridgehead atoms. The molecule has 0 aliphatic heterocycles. The third-order valence-corrected chi connectivity index (χ3v) is 2.51. The summed E-state index contributed by atoms with van der Waals surface area (Å²) in [6, 6.07) is 5.53. The van der Waals surface area contributed by atoms with E-state index in [0.717, 1.165) is 5.56 Å². The van der Waals surface area contributed by atoms with Gasteiger partial charge < -0.3 is 9.47 Å². The van der Waals surface area contributed by atoms with Crippen LogP contribution < -0.4 is 4.74 Å². The molecule has 1 rings (SSSR count). The Bertz CT molecular complexity index is 504. The molecule has 0 radical (unpaired) electrons. The summed E-state index contributed by atoms with van der Waals surface area (Å²) in [7, 11) is 0. The predicted octanol–water partition coefficient (Wildman–Crippen LogP) is 3.93. The van der Waals surface area contributed by atoms with E-state index in [-0.39, 0.29) is 19.1 Å². The molecule has 0 unspecified atom stereocenters. The smallest absolute Gasteiger partial charge is 0.411 e. The highest BCUT2D eigenvalue weighted by Crippen LogP contribution is 2.19. The van der Waals surface area contributed by atoms with Gasteiger partial charge in [0.15, 0.2) is 0 Å². The quantitative estimate of drug-likeness (QED) is 0.449. The van der Waals surface area contributed by atoms with Crippen LogP contribution in [-0.2, 0) is 4.74 Å². The van der Waals surface area contributed by atoms with E-state index in [1.165, 1.54) is 0 Å². The van der Waals surface area contributed by atoms with E-state index in [4.69, 9.17) is 16.3 Å². The molecule has 0 heterocycles. The van der Waals surface area contributed by atoms with Crippen LogP contribution in [0.4, 0.5) is 13.2 Å². The molecular formula is C15H16ClF3O2. The van der Waals surface area contributed by atoms with Crippen molar-refractivity contribution in [1.82, 2.24) is 0 Å². The first-order valence-electron chi connectivity index (χ1n) is 6.35. The third-order valence-electron chi connectivity index (χ3n) is 2.38. The van der Waals surface area contributed by atoms with E-state index < -0.39 is 12.8 Å². The number of hydrogen-bond acceptors (Lipinski definition) is 2. The van der Waals surface area contributed by atoms with Crippen molar-refractivity contribution in [2.45, 2.75) is 19.5 Å². The Hall–Kier alpha value is -1.38. The molecule has 0 aliphatic carbocycles. The number of aryl methyl sites for hydroxylation is 1. The Balaban J connectivity index is 2.41. The van der Waals surface area contributed by atoms with Gasteiger partial charge in [-0.25, -0.2) is 0 Å². The van der Waals surface area contributed by atoms with Crippen LogP contribution in [-0.4, -0.2) is 31.9 Å². The first kappa shape index (κ1) is 17.7. The summed E-state index contributed by atoms with van der Waals surface area (Å²) < 4.78 is 45.6. The fourth-order valence-corrected chi connectivity index (χ4v) is 1.59. The van der Waals surface area contributed by atoms with Gasteiger partial charge in [0.05, 0.1) is 24.7 Å². The molecule has 0 aliphatic rings. The fraction of sp³-hybridized carbons (Fsp3) is 0.467.